The van der Waals surface area contributed by atoms with Gasteiger partial charge >= 0.3 is 0 Å². The fourth-order valence-corrected chi connectivity index (χ4v) is 8.52. The number of anilines is 1. The summed E-state index contributed by atoms with van der Waals surface area (Å²) in [5.41, 5.74) is 0.777. The van der Waals surface area contributed by atoms with E-state index in [0.29, 0.717) is 20.8 Å². The zero-order valence-corrected chi connectivity index (χ0v) is 22.7. The summed E-state index contributed by atoms with van der Waals surface area (Å²) in [5, 5.41) is 7.43. The first-order chi connectivity index (χ1) is 18.5. The Morgan fingerprint density at radius 3 is 1.71 bits per heavy atom. The molecule has 5 heteroatoms. The molecular formula is C33H28NO2PS. The predicted octanol–water partition coefficient (Wildman–Crippen LogP) is 7.86. The molecule has 0 amide bonds. The Bertz CT molecular complexity index is 1520. The van der Waals surface area contributed by atoms with Gasteiger partial charge in [-0.1, -0.05) is 115 Å². The highest BCUT2D eigenvalue weighted by Gasteiger charge is 2.44. The Labute approximate surface area is 227 Å². The van der Waals surface area contributed by atoms with Gasteiger partial charge in [0.05, 0.1) is 10.4 Å². The minimum atomic E-state index is -3.53. The van der Waals surface area contributed by atoms with Gasteiger partial charge in [0, 0.05) is 21.6 Å². The van der Waals surface area contributed by atoms with Crippen molar-refractivity contribution in [2.24, 2.45) is 0 Å². The number of ketones is 1. The first-order valence-electron chi connectivity index (χ1n) is 12.4. The fraction of sp³-hybridized carbons (Fsp3) is 0.0606. The Hall–Kier alpha value is -3.98. The molecule has 1 unspecified atom stereocenters. The van der Waals surface area contributed by atoms with Crippen LogP contribution < -0.4 is 15.9 Å². The molecule has 5 rings (SSSR count). The zero-order valence-electron chi connectivity index (χ0n) is 21.0. The molecule has 0 radical (unpaired) electrons. The summed E-state index contributed by atoms with van der Waals surface area (Å²) in [6.07, 6.45) is 1.61. The summed E-state index contributed by atoms with van der Waals surface area (Å²) < 4.78 is 15.8. The van der Waals surface area contributed by atoms with E-state index in [1.165, 1.54) is 11.3 Å². The third kappa shape index (κ3) is 5.06. The third-order valence-corrected chi connectivity index (χ3v) is 10.8. The predicted molar refractivity (Wildman–Crippen MR) is 160 cm³/mol. The van der Waals surface area contributed by atoms with Gasteiger partial charge in [-0.25, -0.2) is 0 Å². The van der Waals surface area contributed by atoms with Crippen LogP contribution >= 0.6 is 18.5 Å². The molecule has 1 aromatic heterocycles. The first-order valence-corrected chi connectivity index (χ1v) is 15.0. The molecule has 1 heterocycles. The molecule has 0 spiro atoms. The van der Waals surface area contributed by atoms with Gasteiger partial charge in [-0.15, -0.1) is 11.3 Å². The molecule has 3 nitrogen and oxygen atoms in total. The van der Waals surface area contributed by atoms with Crippen molar-refractivity contribution in [3.63, 3.8) is 0 Å². The van der Waals surface area contributed by atoms with Crippen LogP contribution in [0, 0.1) is 0 Å². The minimum absolute atomic E-state index is 0.167. The maximum Gasteiger partial charge on any atom is 0.196 e. The van der Waals surface area contributed by atoms with Crippen LogP contribution in [0.5, 0.6) is 0 Å². The van der Waals surface area contributed by atoms with E-state index in [0.717, 1.165) is 11.3 Å². The summed E-state index contributed by atoms with van der Waals surface area (Å²) in [5.74, 6) is -0.167. The quantitative estimate of drug-likeness (QED) is 0.119. The highest BCUT2D eigenvalue weighted by atomic mass is 32.1. The van der Waals surface area contributed by atoms with Crippen molar-refractivity contribution in [2.45, 2.75) is 12.5 Å². The standard InChI is InChI=1S/C33H28NO2PS/c1-33(26-15-6-2-7-16-26,34-27-17-8-3-9-18-27)32(25-30(35)31-23-14-24-38-31)37(36,28-19-10-4-11-20-28)29-21-12-5-13-22-29/h2-25,34H,1H3/b32-25-. The summed E-state index contributed by atoms with van der Waals surface area (Å²) in [6.45, 7) is 2.02. The lowest BCUT2D eigenvalue weighted by atomic mass is 9.90. The van der Waals surface area contributed by atoms with Crippen LogP contribution in [0.3, 0.4) is 0 Å². The van der Waals surface area contributed by atoms with Crippen molar-refractivity contribution in [1.82, 2.24) is 0 Å². The van der Waals surface area contributed by atoms with Crippen LogP contribution in [-0.2, 0) is 10.1 Å². The number of hydrogen-bond acceptors (Lipinski definition) is 4. The molecule has 4 aromatic carbocycles. The second kappa shape index (κ2) is 11.2. The summed E-state index contributed by atoms with van der Waals surface area (Å²) in [6, 6.07) is 42.4. The second-order valence-electron chi connectivity index (χ2n) is 9.13. The number of benzene rings is 4. The highest BCUT2D eigenvalue weighted by molar-refractivity contribution is 7.82. The van der Waals surface area contributed by atoms with Gasteiger partial charge in [-0.2, -0.15) is 0 Å². The Morgan fingerprint density at radius 1 is 0.711 bits per heavy atom. The van der Waals surface area contributed by atoms with E-state index in [4.69, 9.17) is 0 Å². The first kappa shape index (κ1) is 25.7. The van der Waals surface area contributed by atoms with Crippen molar-refractivity contribution in [3.8, 4) is 0 Å². The molecule has 188 valence electrons. The van der Waals surface area contributed by atoms with Gasteiger partial charge in [-0.3, -0.25) is 4.79 Å². The van der Waals surface area contributed by atoms with Crippen LogP contribution in [-0.4, -0.2) is 5.78 Å². The largest absolute Gasteiger partial charge is 0.372 e. The average molecular weight is 534 g/mol. The number of carbonyl (C=O) groups excluding carboxylic acids is 1. The van der Waals surface area contributed by atoms with E-state index in [-0.39, 0.29) is 5.78 Å². The molecular weight excluding hydrogens is 505 g/mol. The monoisotopic (exact) mass is 533 g/mol. The van der Waals surface area contributed by atoms with E-state index in [2.05, 4.69) is 5.32 Å². The van der Waals surface area contributed by atoms with Crippen LogP contribution in [0.4, 0.5) is 5.69 Å². The molecule has 1 atom stereocenters. The number of para-hydroxylation sites is 1. The van der Waals surface area contributed by atoms with Gasteiger partial charge in [-0.05, 0) is 42.1 Å². The lowest BCUT2D eigenvalue weighted by Crippen LogP contribution is -2.38. The van der Waals surface area contributed by atoms with Crippen molar-refractivity contribution in [1.29, 1.82) is 0 Å². The lowest BCUT2D eigenvalue weighted by Gasteiger charge is -2.39. The Balaban J connectivity index is 1.85. The number of nitrogens with one attached hydrogen (secondary N) is 1. The molecule has 0 aliphatic heterocycles. The van der Waals surface area contributed by atoms with Crippen molar-refractivity contribution < 1.29 is 9.36 Å². The normalized spacial score (nSPS) is 13.4. The maximum atomic E-state index is 15.8. The molecule has 0 aliphatic rings. The van der Waals surface area contributed by atoms with Crippen LogP contribution in [0.2, 0.25) is 0 Å². The minimum Gasteiger partial charge on any atom is -0.372 e. The van der Waals surface area contributed by atoms with Gasteiger partial charge in [0.2, 0.25) is 0 Å². The fourth-order valence-electron chi connectivity index (χ4n) is 4.73. The number of hydrogen-bond donors (Lipinski definition) is 1. The van der Waals surface area contributed by atoms with E-state index in [1.807, 2.05) is 146 Å². The molecule has 0 fully saturated rings. The van der Waals surface area contributed by atoms with Gasteiger partial charge in [0.25, 0.3) is 0 Å². The molecule has 0 bridgehead atoms. The number of thiophene rings is 1. The van der Waals surface area contributed by atoms with E-state index < -0.39 is 12.7 Å². The Kier molecular flexibility index (Phi) is 7.55. The zero-order chi connectivity index (χ0) is 26.4. The lowest BCUT2D eigenvalue weighted by molar-refractivity contribution is 0.104. The summed E-state index contributed by atoms with van der Waals surface area (Å²) >= 11 is 1.38. The van der Waals surface area contributed by atoms with Gasteiger partial charge in [0.1, 0.15) is 0 Å². The highest BCUT2D eigenvalue weighted by Crippen LogP contribution is 2.59. The molecule has 38 heavy (non-hydrogen) atoms. The van der Waals surface area contributed by atoms with Crippen LogP contribution in [0.1, 0.15) is 22.2 Å². The smallest absolute Gasteiger partial charge is 0.196 e. The van der Waals surface area contributed by atoms with Crippen LogP contribution in [0.25, 0.3) is 0 Å². The number of rotatable bonds is 9. The van der Waals surface area contributed by atoms with Crippen LogP contribution in [0.15, 0.2) is 150 Å². The number of carbonyl (C=O) groups is 1. The maximum absolute atomic E-state index is 15.8. The van der Waals surface area contributed by atoms with E-state index in [9.17, 15) is 4.79 Å². The summed E-state index contributed by atoms with van der Waals surface area (Å²) in [7, 11) is -3.53. The van der Waals surface area contributed by atoms with Gasteiger partial charge in [0.15, 0.2) is 12.9 Å². The Morgan fingerprint density at radius 2 is 1.21 bits per heavy atom. The second-order valence-corrected chi connectivity index (χ2v) is 12.8. The molecule has 1 N–H and O–H groups in total. The topological polar surface area (TPSA) is 46.2 Å². The van der Waals surface area contributed by atoms with E-state index >= 15 is 4.57 Å². The van der Waals surface area contributed by atoms with Crippen molar-refractivity contribution in [3.05, 3.63) is 161 Å². The SMILES string of the molecule is CC(Nc1ccccc1)(/C(=C/C(=O)c1cccs1)P(=O)(c1ccccc1)c1ccccc1)c1ccccc1. The summed E-state index contributed by atoms with van der Waals surface area (Å²) in [4.78, 5) is 14.3. The molecule has 0 aliphatic carbocycles. The van der Waals surface area contributed by atoms with Crippen molar-refractivity contribution in [2.75, 3.05) is 5.32 Å². The van der Waals surface area contributed by atoms with Gasteiger partial charge < -0.3 is 9.88 Å². The van der Waals surface area contributed by atoms with E-state index in [1.54, 1.807) is 6.08 Å². The molecule has 0 saturated carbocycles. The third-order valence-electron chi connectivity index (χ3n) is 6.64. The average Bonchev–Trinajstić information content (AvgIpc) is 3.53. The van der Waals surface area contributed by atoms with Crippen molar-refractivity contribution >= 4 is 40.6 Å². The number of allylic oxidation sites excluding steroid dienone is 1. The molecule has 0 saturated heterocycles. The molecule has 5 aromatic rings.